The van der Waals surface area contributed by atoms with Crippen LogP contribution in [0.5, 0.6) is 17.2 Å². The number of hydrogen-bond acceptors (Lipinski definition) is 10. The van der Waals surface area contributed by atoms with Crippen LogP contribution in [0.4, 0.5) is 0 Å². The van der Waals surface area contributed by atoms with Crippen molar-refractivity contribution >= 4 is 17.8 Å². The molecule has 34 heavy (non-hydrogen) atoms. The number of hydrogen-bond donors (Lipinski definition) is 4. The smallest absolute Gasteiger partial charge is 0.330 e. The van der Waals surface area contributed by atoms with Gasteiger partial charge < -0.3 is 39.4 Å². The van der Waals surface area contributed by atoms with E-state index in [0.717, 1.165) is 6.08 Å². The minimum atomic E-state index is -1.61. The van der Waals surface area contributed by atoms with Crippen molar-refractivity contribution in [3.05, 3.63) is 59.7 Å². The van der Waals surface area contributed by atoms with Gasteiger partial charge in [0.15, 0.2) is 17.3 Å². The third-order valence-electron chi connectivity index (χ3n) is 5.19. The van der Waals surface area contributed by atoms with Crippen LogP contribution < -0.4 is 9.47 Å². The number of aliphatic hydroxyl groups excluding tert-OH is 3. The molecule has 10 nitrogen and oxygen atoms in total. The number of benzene rings is 2. The number of Topliss-reactive ketones (excluding diaryl/α,β-unsaturated/α-hetero) is 1. The Labute approximate surface area is 195 Å². The topological polar surface area (TPSA) is 152 Å². The standard InChI is InChI=1S/C24H26O10/c1-13(25)15-5-7-16(8-6-15)33-24-23(30)22(29)21(28)19(34-24)12-32-20(27)10-4-14-3-9-17(26)18(11-14)31-2/h3-11,19,21-24,26,28-30H,12H2,1-2H3/b10-4+/t19-,21-,22+,23-,24-/m1/s1. The largest absolute Gasteiger partial charge is 0.504 e. The van der Waals surface area contributed by atoms with Crippen LogP contribution in [0.2, 0.25) is 0 Å². The third kappa shape index (κ3) is 6.12. The van der Waals surface area contributed by atoms with E-state index in [2.05, 4.69) is 0 Å². The van der Waals surface area contributed by atoms with Crippen molar-refractivity contribution in [2.45, 2.75) is 37.6 Å². The van der Waals surface area contributed by atoms with Gasteiger partial charge in [-0.1, -0.05) is 6.07 Å². The number of methoxy groups -OCH3 is 1. The summed E-state index contributed by atoms with van der Waals surface area (Å²) in [5.74, 6) is -0.414. The lowest BCUT2D eigenvalue weighted by molar-refractivity contribution is -0.278. The van der Waals surface area contributed by atoms with Gasteiger partial charge in [-0.25, -0.2) is 4.79 Å². The number of carbonyl (C=O) groups excluding carboxylic acids is 2. The first-order valence-electron chi connectivity index (χ1n) is 10.4. The molecule has 0 aromatic heterocycles. The quantitative estimate of drug-likeness (QED) is 0.248. The van der Waals surface area contributed by atoms with Crippen LogP contribution >= 0.6 is 0 Å². The highest BCUT2D eigenvalue weighted by Gasteiger charge is 2.45. The highest BCUT2D eigenvalue weighted by molar-refractivity contribution is 5.94. The molecule has 1 heterocycles. The van der Waals surface area contributed by atoms with Gasteiger partial charge in [0.05, 0.1) is 7.11 Å². The Balaban J connectivity index is 1.59. The predicted molar refractivity (Wildman–Crippen MR) is 118 cm³/mol. The van der Waals surface area contributed by atoms with Gasteiger partial charge in [-0.15, -0.1) is 0 Å². The summed E-state index contributed by atoms with van der Waals surface area (Å²) in [4.78, 5) is 23.5. The van der Waals surface area contributed by atoms with E-state index in [4.69, 9.17) is 18.9 Å². The molecule has 1 aliphatic heterocycles. The average molecular weight is 474 g/mol. The van der Waals surface area contributed by atoms with Gasteiger partial charge in [0.1, 0.15) is 36.8 Å². The number of esters is 1. The maximum absolute atomic E-state index is 12.1. The maximum atomic E-state index is 12.1. The van der Waals surface area contributed by atoms with Gasteiger partial charge in [0.25, 0.3) is 0 Å². The number of aliphatic hydroxyl groups is 3. The van der Waals surface area contributed by atoms with Gasteiger partial charge in [-0.05, 0) is 55.0 Å². The van der Waals surface area contributed by atoms with Crippen molar-refractivity contribution in [1.29, 1.82) is 0 Å². The van der Waals surface area contributed by atoms with E-state index < -0.39 is 43.3 Å². The van der Waals surface area contributed by atoms with Crippen LogP contribution in [-0.4, -0.2) is 76.6 Å². The molecule has 0 unspecified atom stereocenters. The summed E-state index contributed by atoms with van der Waals surface area (Å²) < 4.78 is 21.2. The summed E-state index contributed by atoms with van der Waals surface area (Å²) in [5, 5.41) is 40.2. The van der Waals surface area contributed by atoms with Gasteiger partial charge in [-0.2, -0.15) is 0 Å². The normalized spacial score (nSPS) is 24.6. The lowest BCUT2D eigenvalue weighted by atomic mass is 9.99. The van der Waals surface area contributed by atoms with Crippen molar-refractivity contribution < 1.29 is 49.0 Å². The maximum Gasteiger partial charge on any atom is 0.330 e. The van der Waals surface area contributed by atoms with Crippen molar-refractivity contribution in [1.82, 2.24) is 0 Å². The Morgan fingerprint density at radius 2 is 1.74 bits per heavy atom. The molecule has 0 bridgehead atoms. The van der Waals surface area contributed by atoms with Crippen LogP contribution in [0.25, 0.3) is 6.08 Å². The van der Waals surface area contributed by atoms with Crippen LogP contribution in [0.15, 0.2) is 48.5 Å². The number of phenols is 1. The molecule has 2 aromatic rings. The summed E-state index contributed by atoms with van der Waals surface area (Å²) >= 11 is 0. The van der Waals surface area contributed by atoms with Crippen molar-refractivity contribution in [3.8, 4) is 17.2 Å². The molecule has 0 aliphatic carbocycles. The molecule has 5 atom stereocenters. The minimum Gasteiger partial charge on any atom is -0.504 e. The number of phenolic OH excluding ortho intramolecular Hbond substituents is 1. The van der Waals surface area contributed by atoms with Gasteiger partial charge in [0, 0.05) is 11.6 Å². The van der Waals surface area contributed by atoms with Crippen molar-refractivity contribution in [3.63, 3.8) is 0 Å². The third-order valence-corrected chi connectivity index (χ3v) is 5.19. The second-order valence-electron chi connectivity index (χ2n) is 7.61. The van der Waals surface area contributed by atoms with E-state index in [9.17, 15) is 30.0 Å². The van der Waals surface area contributed by atoms with E-state index in [1.807, 2.05) is 0 Å². The fourth-order valence-corrected chi connectivity index (χ4v) is 3.23. The molecule has 182 valence electrons. The molecule has 1 aliphatic rings. The molecular formula is C24H26O10. The second kappa shape index (κ2) is 11.1. The van der Waals surface area contributed by atoms with Gasteiger partial charge in [-0.3, -0.25) is 4.79 Å². The lowest BCUT2D eigenvalue weighted by Crippen LogP contribution is -2.60. The zero-order valence-corrected chi connectivity index (χ0v) is 18.5. The number of rotatable bonds is 8. The second-order valence-corrected chi connectivity index (χ2v) is 7.61. The SMILES string of the molecule is COc1cc(/C=C/C(=O)OC[C@H]2O[C@@H](Oc3ccc(C(C)=O)cc3)[C@H](O)[C@@H](O)[C@@H]2O)ccc1O. The fourth-order valence-electron chi connectivity index (χ4n) is 3.23. The van der Waals surface area contributed by atoms with Crippen molar-refractivity contribution in [2.75, 3.05) is 13.7 Å². The van der Waals surface area contributed by atoms with Crippen LogP contribution in [0.3, 0.4) is 0 Å². The molecule has 1 saturated heterocycles. The number of ether oxygens (including phenoxy) is 4. The molecule has 1 fully saturated rings. The van der Waals surface area contributed by atoms with E-state index in [1.54, 1.807) is 6.07 Å². The first kappa shape index (κ1) is 25.2. The summed E-state index contributed by atoms with van der Waals surface area (Å²) in [6.45, 7) is 1.00. The number of ketones is 1. The monoisotopic (exact) mass is 474 g/mol. The Kier molecular flexibility index (Phi) is 8.24. The first-order chi connectivity index (χ1) is 16.2. The zero-order chi connectivity index (χ0) is 24.8. The Morgan fingerprint density at radius 1 is 1.03 bits per heavy atom. The van der Waals surface area contributed by atoms with Gasteiger partial charge in [0.2, 0.25) is 6.29 Å². The van der Waals surface area contributed by atoms with E-state index in [1.165, 1.54) is 56.5 Å². The predicted octanol–water partition coefficient (Wildman–Crippen LogP) is 1.05. The van der Waals surface area contributed by atoms with E-state index in [0.29, 0.717) is 11.1 Å². The first-order valence-corrected chi connectivity index (χ1v) is 10.4. The number of carbonyl (C=O) groups is 2. The summed E-state index contributed by atoms with van der Waals surface area (Å²) in [6, 6.07) is 10.6. The molecule has 3 rings (SSSR count). The summed E-state index contributed by atoms with van der Waals surface area (Å²) in [6.07, 6.45) is -4.67. The van der Waals surface area contributed by atoms with Crippen LogP contribution in [0, 0.1) is 0 Å². The number of aromatic hydroxyl groups is 1. The van der Waals surface area contributed by atoms with Crippen LogP contribution in [-0.2, 0) is 14.3 Å². The minimum absolute atomic E-state index is 0.0435. The highest BCUT2D eigenvalue weighted by Crippen LogP contribution is 2.27. The van der Waals surface area contributed by atoms with Crippen LogP contribution in [0.1, 0.15) is 22.8 Å². The fraction of sp³-hybridized carbons (Fsp3) is 0.333. The molecule has 0 saturated carbocycles. The molecule has 4 N–H and O–H groups in total. The molecule has 10 heteroatoms. The van der Waals surface area contributed by atoms with Crippen molar-refractivity contribution in [2.24, 2.45) is 0 Å². The Morgan fingerprint density at radius 3 is 2.38 bits per heavy atom. The van der Waals surface area contributed by atoms with E-state index >= 15 is 0 Å². The summed E-state index contributed by atoms with van der Waals surface area (Å²) in [5.41, 5.74) is 1.04. The lowest BCUT2D eigenvalue weighted by Gasteiger charge is -2.39. The van der Waals surface area contributed by atoms with E-state index in [-0.39, 0.29) is 23.0 Å². The molecule has 0 spiro atoms. The molecule has 2 aromatic carbocycles. The summed E-state index contributed by atoms with van der Waals surface area (Å²) in [7, 11) is 1.40. The molecular weight excluding hydrogens is 448 g/mol. The molecule has 0 radical (unpaired) electrons. The molecule has 0 amide bonds. The Bertz CT molecular complexity index is 1030. The highest BCUT2D eigenvalue weighted by atomic mass is 16.7. The zero-order valence-electron chi connectivity index (χ0n) is 18.5. The van der Waals surface area contributed by atoms with Gasteiger partial charge >= 0.3 is 5.97 Å². The average Bonchev–Trinajstić information content (AvgIpc) is 2.83. The Hall–Kier alpha value is -3.44.